The van der Waals surface area contributed by atoms with E-state index in [0.29, 0.717) is 25.7 Å². The molecule has 3 rings (SSSR count). The summed E-state index contributed by atoms with van der Waals surface area (Å²) in [6.07, 6.45) is 1.71. The topological polar surface area (TPSA) is 118 Å². The van der Waals surface area contributed by atoms with Gasteiger partial charge in [0.2, 0.25) is 0 Å². The van der Waals surface area contributed by atoms with E-state index in [1.807, 2.05) is 13.8 Å². The molecule has 3 heterocycles. The minimum absolute atomic E-state index is 0.0601. The van der Waals surface area contributed by atoms with Crippen LogP contribution in [0.4, 0.5) is 0 Å². The predicted octanol–water partition coefficient (Wildman–Crippen LogP) is 1.51. The van der Waals surface area contributed by atoms with Crippen molar-refractivity contribution in [2.75, 3.05) is 31.2 Å². The van der Waals surface area contributed by atoms with Crippen LogP contribution in [-0.2, 0) is 34.2 Å². The first-order chi connectivity index (χ1) is 15.0. The van der Waals surface area contributed by atoms with E-state index in [9.17, 15) is 26.4 Å². The Bertz CT molecular complexity index is 1010. The standard InChI is InChI=1S/C20H30N2O7S3/c1-3-15(2)22(17-8-12-31(25,26)14-17)18(23)13-29-20(24)16-6-9-21(10-7-16)32(27,28)19-5-4-11-30-19/h4-5,11,15-17H,3,6-10,12-14H2,1-2H3/t15-,17+/m0/s1. The molecule has 0 radical (unpaired) electrons. The molecule has 2 aliphatic heterocycles. The maximum Gasteiger partial charge on any atom is 0.309 e. The van der Waals surface area contributed by atoms with E-state index in [4.69, 9.17) is 4.74 Å². The SMILES string of the molecule is CC[C@H](C)N(C(=O)COC(=O)C1CCN(S(=O)(=O)c2cccs2)CC1)[C@@H]1CCS(=O)(=O)C1. The lowest BCUT2D eigenvalue weighted by molar-refractivity contribution is -0.158. The van der Waals surface area contributed by atoms with Crippen molar-refractivity contribution in [2.45, 2.75) is 55.8 Å². The van der Waals surface area contributed by atoms with E-state index in [2.05, 4.69) is 0 Å². The minimum Gasteiger partial charge on any atom is -0.455 e. The Morgan fingerprint density at radius 1 is 1.28 bits per heavy atom. The van der Waals surface area contributed by atoms with Crippen molar-refractivity contribution in [2.24, 2.45) is 5.92 Å². The smallest absolute Gasteiger partial charge is 0.309 e. The van der Waals surface area contributed by atoms with Gasteiger partial charge in [-0.3, -0.25) is 9.59 Å². The second kappa shape index (κ2) is 10.2. The van der Waals surface area contributed by atoms with Gasteiger partial charge in [-0.2, -0.15) is 4.31 Å². The van der Waals surface area contributed by atoms with Gasteiger partial charge in [-0.1, -0.05) is 13.0 Å². The van der Waals surface area contributed by atoms with Crippen molar-refractivity contribution in [1.82, 2.24) is 9.21 Å². The number of sulfonamides is 1. The molecule has 1 amide bonds. The first kappa shape index (κ1) is 25.1. The Hall–Kier alpha value is -1.50. The van der Waals surface area contributed by atoms with E-state index < -0.39 is 50.3 Å². The number of carbonyl (C=O) groups excluding carboxylic acids is 2. The largest absolute Gasteiger partial charge is 0.455 e. The minimum atomic E-state index is -3.55. The molecule has 180 valence electrons. The summed E-state index contributed by atoms with van der Waals surface area (Å²) in [5.41, 5.74) is 0. The van der Waals surface area contributed by atoms with Crippen LogP contribution < -0.4 is 0 Å². The molecular weight excluding hydrogens is 476 g/mol. The first-order valence-corrected chi connectivity index (χ1v) is 14.9. The number of hydrogen-bond acceptors (Lipinski definition) is 8. The van der Waals surface area contributed by atoms with Gasteiger partial charge in [-0.05, 0) is 44.1 Å². The molecule has 0 saturated carbocycles. The van der Waals surface area contributed by atoms with Crippen LogP contribution in [-0.4, -0.2) is 81.2 Å². The number of rotatable bonds is 8. The van der Waals surface area contributed by atoms with Gasteiger partial charge in [0.25, 0.3) is 15.9 Å². The molecule has 12 heteroatoms. The summed E-state index contributed by atoms with van der Waals surface area (Å²) in [4.78, 5) is 26.9. The summed E-state index contributed by atoms with van der Waals surface area (Å²) in [5, 5.41) is 1.71. The molecule has 0 aromatic carbocycles. The molecule has 2 fully saturated rings. The highest BCUT2D eigenvalue weighted by atomic mass is 32.2. The lowest BCUT2D eigenvalue weighted by Crippen LogP contribution is -2.48. The second-order valence-electron chi connectivity index (χ2n) is 8.33. The van der Waals surface area contributed by atoms with Crippen molar-refractivity contribution in [1.29, 1.82) is 0 Å². The Kier molecular flexibility index (Phi) is 8.00. The van der Waals surface area contributed by atoms with Crippen molar-refractivity contribution >= 4 is 43.1 Å². The number of amides is 1. The number of piperidine rings is 1. The van der Waals surface area contributed by atoms with Gasteiger partial charge in [0, 0.05) is 25.2 Å². The van der Waals surface area contributed by atoms with Crippen molar-refractivity contribution in [3.8, 4) is 0 Å². The number of hydrogen-bond donors (Lipinski definition) is 0. The fourth-order valence-corrected chi connectivity index (χ4v) is 8.52. The third-order valence-corrected chi connectivity index (χ3v) is 11.2. The molecule has 0 spiro atoms. The van der Waals surface area contributed by atoms with Crippen molar-refractivity contribution in [3.63, 3.8) is 0 Å². The Morgan fingerprint density at radius 3 is 2.50 bits per heavy atom. The molecule has 1 aromatic rings. The van der Waals surface area contributed by atoms with Gasteiger partial charge in [-0.25, -0.2) is 16.8 Å². The molecule has 0 aliphatic carbocycles. The molecule has 2 atom stereocenters. The van der Waals surface area contributed by atoms with Gasteiger partial charge < -0.3 is 9.64 Å². The number of carbonyl (C=O) groups is 2. The molecule has 2 aliphatic rings. The summed E-state index contributed by atoms with van der Waals surface area (Å²) >= 11 is 1.16. The van der Waals surface area contributed by atoms with Crippen LogP contribution in [0.1, 0.15) is 39.5 Å². The van der Waals surface area contributed by atoms with E-state index in [1.54, 1.807) is 22.4 Å². The molecule has 9 nitrogen and oxygen atoms in total. The van der Waals surface area contributed by atoms with Gasteiger partial charge >= 0.3 is 5.97 Å². The second-order valence-corrected chi connectivity index (χ2v) is 13.7. The fraction of sp³-hybridized carbons (Fsp3) is 0.700. The first-order valence-electron chi connectivity index (χ1n) is 10.8. The summed E-state index contributed by atoms with van der Waals surface area (Å²) in [6.45, 7) is 3.76. The molecule has 0 unspecified atom stereocenters. The Balaban J connectivity index is 1.53. The average Bonchev–Trinajstić information content (AvgIpc) is 3.42. The third-order valence-electron chi connectivity index (χ3n) is 6.17. The molecule has 1 aromatic heterocycles. The van der Waals surface area contributed by atoms with Crippen LogP contribution in [0.5, 0.6) is 0 Å². The maximum absolute atomic E-state index is 12.8. The summed E-state index contributed by atoms with van der Waals surface area (Å²) in [5.74, 6) is -1.39. The van der Waals surface area contributed by atoms with E-state index in [0.717, 1.165) is 11.3 Å². The van der Waals surface area contributed by atoms with E-state index in [1.165, 1.54) is 4.31 Å². The van der Waals surface area contributed by atoms with Crippen LogP contribution in [0.3, 0.4) is 0 Å². The zero-order chi connectivity index (χ0) is 23.5. The Morgan fingerprint density at radius 2 is 1.97 bits per heavy atom. The average molecular weight is 507 g/mol. The van der Waals surface area contributed by atoms with Crippen LogP contribution in [0.2, 0.25) is 0 Å². The highest BCUT2D eigenvalue weighted by Crippen LogP contribution is 2.27. The fourth-order valence-electron chi connectivity index (χ4n) is 4.20. The normalized spacial score (nSPS) is 23.0. The predicted molar refractivity (Wildman–Crippen MR) is 120 cm³/mol. The quantitative estimate of drug-likeness (QED) is 0.490. The lowest BCUT2D eigenvalue weighted by Gasteiger charge is -2.34. The van der Waals surface area contributed by atoms with Crippen LogP contribution >= 0.6 is 11.3 Å². The maximum atomic E-state index is 12.8. The van der Waals surface area contributed by atoms with Gasteiger partial charge in [-0.15, -0.1) is 11.3 Å². The summed E-state index contributed by atoms with van der Waals surface area (Å²) < 4.78 is 55.9. The number of nitrogens with zero attached hydrogens (tertiary/aromatic N) is 2. The van der Waals surface area contributed by atoms with Crippen molar-refractivity contribution in [3.05, 3.63) is 17.5 Å². The molecule has 0 N–H and O–H groups in total. The van der Waals surface area contributed by atoms with Gasteiger partial charge in [0.05, 0.1) is 17.4 Å². The molecule has 32 heavy (non-hydrogen) atoms. The van der Waals surface area contributed by atoms with Gasteiger partial charge in [0.1, 0.15) is 4.21 Å². The van der Waals surface area contributed by atoms with Crippen molar-refractivity contribution < 1.29 is 31.2 Å². The number of sulfone groups is 1. The summed E-state index contributed by atoms with van der Waals surface area (Å²) in [6, 6.07) is 2.68. The number of thiophene rings is 1. The third kappa shape index (κ3) is 5.70. The molecule has 2 saturated heterocycles. The lowest BCUT2D eigenvalue weighted by atomic mass is 9.98. The highest BCUT2D eigenvalue weighted by Gasteiger charge is 2.38. The van der Waals surface area contributed by atoms with E-state index in [-0.39, 0.29) is 34.8 Å². The van der Waals surface area contributed by atoms with E-state index >= 15 is 0 Å². The molecular formula is C20H30N2O7S3. The molecule has 0 bridgehead atoms. The number of esters is 1. The monoisotopic (exact) mass is 506 g/mol. The van der Waals surface area contributed by atoms with Crippen LogP contribution in [0.25, 0.3) is 0 Å². The zero-order valence-corrected chi connectivity index (χ0v) is 20.8. The van der Waals surface area contributed by atoms with Crippen LogP contribution in [0.15, 0.2) is 21.7 Å². The highest BCUT2D eigenvalue weighted by molar-refractivity contribution is 7.91. The number of ether oxygens (including phenoxy) is 1. The Labute approximate surface area is 193 Å². The van der Waals surface area contributed by atoms with Gasteiger partial charge in [0.15, 0.2) is 16.4 Å². The summed E-state index contributed by atoms with van der Waals surface area (Å²) in [7, 11) is -6.70. The zero-order valence-electron chi connectivity index (χ0n) is 18.3. The van der Waals surface area contributed by atoms with Crippen LogP contribution in [0, 0.1) is 5.92 Å².